The summed E-state index contributed by atoms with van der Waals surface area (Å²) in [5.74, 6) is 2.44. The van der Waals surface area contributed by atoms with Crippen molar-refractivity contribution in [1.29, 1.82) is 0 Å². The van der Waals surface area contributed by atoms with Gasteiger partial charge in [-0.1, -0.05) is 5.92 Å². The van der Waals surface area contributed by atoms with Gasteiger partial charge in [-0.2, -0.15) is 0 Å². The quantitative estimate of drug-likeness (QED) is 0.554. The van der Waals surface area contributed by atoms with Crippen LogP contribution < -0.4 is 16.4 Å². The standard InChI is InChI=1S/C11H21N3O/c1-5-6-13-9(8-12)7-10(15)14-11(2,3)4/h1,9,13H,6-8,12H2,2-4H3,(H,14,15). The molecule has 0 aliphatic heterocycles. The summed E-state index contributed by atoms with van der Waals surface area (Å²) < 4.78 is 0. The highest BCUT2D eigenvalue weighted by atomic mass is 16.1. The van der Waals surface area contributed by atoms with E-state index in [-0.39, 0.29) is 17.5 Å². The van der Waals surface area contributed by atoms with E-state index in [1.165, 1.54) is 0 Å². The fraction of sp³-hybridized carbons (Fsp3) is 0.727. The second-order valence-electron chi connectivity index (χ2n) is 4.52. The van der Waals surface area contributed by atoms with Gasteiger partial charge in [0.05, 0.1) is 6.54 Å². The van der Waals surface area contributed by atoms with Crippen molar-refractivity contribution in [2.75, 3.05) is 13.1 Å². The largest absolute Gasteiger partial charge is 0.351 e. The van der Waals surface area contributed by atoms with Crippen LogP contribution in [0.5, 0.6) is 0 Å². The van der Waals surface area contributed by atoms with Crippen LogP contribution >= 0.6 is 0 Å². The Morgan fingerprint density at radius 3 is 2.53 bits per heavy atom. The van der Waals surface area contributed by atoms with Crippen LogP contribution in [0.15, 0.2) is 0 Å². The third-order valence-corrected chi connectivity index (χ3v) is 1.72. The molecule has 0 aromatic rings. The highest BCUT2D eigenvalue weighted by Gasteiger charge is 2.16. The van der Waals surface area contributed by atoms with E-state index in [0.29, 0.717) is 19.5 Å². The van der Waals surface area contributed by atoms with E-state index in [4.69, 9.17) is 12.2 Å². The number of terminal acetylenes is 1. The molecule has 0 fully saturated rings. The summed E-state index contributed by atoms with van der Waals surface area (Å²) in [7, 11) is 0. The van der Waals surface area contributed by atoms with Crippen molar-refractivity contribution in [3.63, 3.8) is 0 Å². The van der Waals surface area contributed by atoms with Gasteiger partial charge in [-0.05, 0) is 20.8 Å². The van der Waals surface area contributed by atoms with Crippen LogP contribution in [0.4, 0.5) is 0 Å². The van der Waals surface area contributed by atoms with E-state index >= 15 is 0 Å². The lowest BCUT2D eigenvalue weighted by Gasteiger charge is -2.22. The van der Waals surface area contributed by atoms with Crippen molar-refractivity contribution < 1.29 is 4.79 Å². The zero-order chi connectivity index (χ0) is 11.9. The molecule has 0 radical (unpaired) electrons. The maximum atomic E-state index is 11.5. The molecule has 0 aliphatic carbocycles. The number of nitrogens with two attached hydrogens (primary N) is 1. The number of amides is 1. The van der Waals surface area contributed by atoms with Gasteiger partial charge in [0.25, 0.3) is 0 Å². The first-order chi connectivity index (χ1) is 6.89. The molecule has 1 unspecified atom stereocenters. The summed E-state index contributed by atoms with van der Waals surface area (Å²) in [6.45, 7) is 6.66. The van der Waals surface area contributed by atoms with Crippen LogP contribution in [0.1, 0.15) is 27.2 Å². The van der Waals surface area contributed by atoms with Crippen molar-refractivity contribution in [2.24, 2.45) is 5.73 Å². The predicted molar refractivity (Wildman–Crippen MR) is 62.2 cm³/mol. The highest BCUT2D eigenvalue weighted by molar-refractivity contribution is 5.77. The van der Waals surface area contributed by atoms with Crippen molar-refractivity contribution in [1.82, 2.24) is 10.6 Å². The van der Waals surface area contributed by atoms with Crippen LogP contribution in [0, 0.1) is 12.3 Å². The Labute approximate surface area is 92.0 Å². The van der Waals surface area contributed by atoms with Gasteiger partial charge < -0.3 is 16.4 Å². The number of carbonyl (C=O) groups is 1. The summed E-state index contributed by atoms with van der Waals surface area (Å²) in [5, 5.41) is 5.89. The van der Waals surface area contributed by atoms with Gasteiger partial charge in [0.1, 0.15) is 0 Å². The molecular weight excluding hydrogens is 190 g/mol. The molecule has 0 aromatic carbocycles. The highest BCUT2D eigenvalue weighted by Crippen LogP contribution is 2.00. The van der Waals surface area contributed by atoms with E-state index in [1.54, 1.807) is 0 Å². The molecule has 0 rings (SSSR count). The molecule has 0 saturated carbocycles. The molecule has 4 N–H and O–H groups in total. The Kier molecular flexibility index (Phi) is 5.99. The molecule has 86 valence electrons. The van der Waals surface area contributed by atoms with E-state index in [9.17, 15) is 4.79 Å². The fourth-order valence-corrected chi connectivity index (χ4v) is 1.14. The number of carbonyl (C=O) groups excluding carboxylic acids is 1. The zero-order valence-corrected chi connectivity index (χ0v) is 9.76. The third kappa shape index (κ3) is 7.98. The fourth-order valence-electron chi connectivity index (χ4n) is 1.14. The SMILES string of the molecule is C#CCNC(CN)CC(=O)NC(C)(C)C. The predicted octanol–water partition coefficient (Wildman–Crippen LogP) is -0.159. The van der Waals surface area contributed by atoms with Crippen molar-refractivity contribution in [3.05, 3.63) is 0 Å². The number of hydrogen-bond acceptors (Lipinski definition) is 3. The Morgan fingerprint density at radius 2 is 2.13 bits per heavy atom. The second-order valence-corrected chi connectivity index (χ2v) is 4.52. The summed E-state index contributed by atoms with van der Waals surface area (Å²) >= 11 is 0. The second kappa shape index (κ2) is 6.44. The first-order valence-electron chi connectivity index (χ1n) is 5.07. The smallest absolute Gasteiger partial charge is 0.222 e. The van der Waals surface area contributed by atoms with Gasteiger partial charge in [-0.25, -0.2) is 0 Å². The van der Waals surface area contributed by atoms with Gasteiger partial charge in [0, 0.05) is 24.5 Å². The molecule has 4 nitrogen and oxygen atoms in total. The summed E-state index contributed by atoms with van der Waals surface area (Å²) in [4.78, 5) is 11.5. The van der Waals surface area contributed by atoms with Crippen molar-refractivity contribution in [2.45, 2.75) is 38.8 Å². The Balaban J connectivity index is 3.97. The minimum absolute atomic E-state index is 0.0116. The van der Waals surface area contributed by atoms with Crippen LogP contribution in [-0.2, 0) is 4.79 Å². The molecule has 4 heteroatoms. The third-order valence-electron chi connectivity index (χ3n) is 1.72. The van der Waals surface area contributed by atoms with Gasteiger partial charge in [0.15, 0.2) is 0 Å². The topological polar surface area (TPSA) is 67.1 Å². The molecule has 0 aliphatic rings. The van der Waals surface area contributed by atoms with Crippen molar-refractivity contribution in [3.8, 4) is 12.3 Å². The summed E-state index contributed by atoms with van der Waals surface area (Å²) in [6, 6.07) is -0.0524. The Hall–Kier alpha value is -1.05. The van der Waals surface area contributed by atoms with E-state index in [2.05, 4.69) is 16.6 Å². The lowest BCUT2D eigenvalue weighted by Crippen LogP contribution is -2.45. The zero-order valence-electron chi connectivity index (χ0n) is 9.76. The normalized spacial score (nSPS) is 13.0. The van der Waals surface area contributed by atoms with Gasteiger partial charge in [-0.15, -0.1) is 6.42 Å². The molecule has 0 bridgehead atoms. The molecule has 15 heavy (non-hydrogen) atoms. The summed E-state index contributed by atoms with van der Waals surface area (Å²) in [5.41, 5.74) is 5.31. The number of rotatable bonds is 5. The lowest BCUT2D eigenvalue weighted by molar-refractivity contribution is -0.122. The average Bonchev–Trinajstić information content (AvgIpc) is 2.09. The van der Waals surface area contributed by atoms with E-state index in [0.717, 1.165) is 0 Å². The van der Waals surface area contributed by atoms with Gasteiger partial charge in [-0.3, -0.25) is 4.79 Å². The van der Waals surface area contributed by atoms with Crippen LogP contribution in [0.25, 0.3) is 0 Å². The average molecular weight is 211 g/mol. The number of nitrogens with one attached hydrogen (secondary N) is 2. The minimum atomic E-state index is -0.206. The summed E-state index contributed by atoms with van der Waals surface area (Å²) in [6.07, 6.45) is 5.47. The minimum Gasteiger partial charge on any atom is -0.351 e. The number of hydrogen-bond donors (Lipinski definition) is 3. The Bertz CT molecular complexity index is 237. The van der Waals surface area contributed by atoms with Crippen LogP contribution in [0.2, 0.25) is 0 Å². The van der Waals surface area contributed by atoms with E-state index in [1.807, 2.05) is 20.8 Å². The van der Waals surface area contributed by atoms with Gasteiger partial charge >= 0.3 is 0 Å². The lowest BCUT2D eigenvalue weighted by atomic mass is 10.1. The molecule has 1 atom stereocenters. The van der Waals surface area contributed by atoms with Crippen LogP contribution in [-0.4, -0.2) is 30.6 Å². The molecule has 1 amide bonds. The van der Waals surface area contributed by atoms with E-state index < -0.39 is 0 Å². The first-order valence-corrected chi connectivity index (χ1v) is 5.07. The molecule has 0 heterocycles. The van der Waals surface area contributed by atoms with Crippen LogP contribution in [0.3, 0.4) is 0 Å². The maximum absolute atomic E-state index is 11.5. The monoisotopic (exact) mass is 211 g/mol. The molecule has 0 aromatic heterocycles. The van der Waals surface area contributed by atoms with Gasteiger partial charge in [0.2, 0.25) is 5.91 Å². The Morgan fingerprint density at radius 1 is 1.53 bits per heavy atom. The molecular formula is C11H21N3O. The first kappa shape index (κ1) is 13.9. The molecule has 0 spiro atoms. The maximum Gasteiger partial charge on any atom is 0.222 e. The molecule has 0 saturated heterocycles. The van der Waals surface area contributed by atoms with Crippen molar-refractivity contribution >= 4 is 5.91 Å².